The Morgan fingerprint density at radius 1 is 1.07 bits per heavy atom. The molecule has 3 aliphatic rings. The fourth-order valence-corrected chi connectivity index (χ4v) is 6.78. The van der Waals surface area contributed by atoms with Gasteiger partial charge in [0.15, 0.2) is 0 Å². The first kappa shape index (κ1) is 27.2. The van der Waals surface area contributed by atoms with Crippen LogP contribution in [0, 0.1) is 26.2 Å². The minimum absolute atomic E-state index is 0.0427. The highest BCUT2D eigenvalue weighted by Gasteiger charge is 2.64. The third kappa shape index (κ3) is 4.59. The lowest BCUT2D eigenvalue weighted by atomic mass is 9.96. The van der Waals surface area contributed by atoms with Crippen LogP contribution in [0.4, 0.5) is 5.82 Å². The third-order valence-electron chi connectivity index (χ3n) is 9.02. The van der Waals surface area contributed by atoms with Crippen LogP contribution in [0.3, 0.4) is 0 Å². The number of carbonyl (C=O) groups is 2. The van der Waals surface area contributed by atoms with E-state index in [2.05, 4.69) is 55.3 Å². The maximum absolute atomic E-state index is 14.0. The Balaban J connectivity index is 1.21. The van der Waals surface area contributed by atoms with E-state index >= 15 is 0 Å². The number of benzene rings is 1. The molecule has 3 unspecified atom stereocenters. The zero-order valence-corrected chi connectivity index (χ0v) is 25.6. The van der Waals surface area contributed by atoms with Gasteiger partial charge in [0.25, 0.3) is 0 Å². The monoisotopic (exact) mass is 629 g/mol. The average molecular weight is 631 g/mol. The van der Waals surface area contributed by atoms with E-state index in [1.54, 1.807) is 4.90 Å². The Morgan fingerprint density at radius 2 is 1.83 bits per heavy atom. The predicted molar refractivity (Wildman–Crippen MR) is 161 cm³/mol. The highest BCUT2D eigenvalue weighted by Crippen LogP contribution is 2.59. The van der Waals surface area contributed by atoms with Gasteiger partial charge in [0, 0.05) is 29.4 Å². The van der Waals surface area contributed by atoms with Gasteiger partial charge in [0.2, 0.25) is 11.8 Å². The molecule has 5 heterocycles. The number of aromatic nitrogens is 5. The Morgan fingerprint density at radius 3 is 2.55 bits per heavy atom. The molecule has 2 amide bonds. The van der Waals surface area contributed by atoms with E-state index in [0.717, 1.165) is 51.1 Å². The molecular weight excluding hydrogens is 598 g/mol. The summed E-state index contributed by atoms with van der Waals surface area (Å²) in [5.74, 6) is 1.09. The van der Waals surface area contributed by atoms with Crippen molar-refractivity contribution in [1.29, 1.82) is 0 Å². The van der Waals surface area contributed by atoms with Gasteiger partial charge in [-0.3, -0.25) is 14.3 Å². The summed E-state index contributed by atoms with van der Waals surface area (Å²) in [6.45, 7) is 9.24. The van der Waals surface area contributed by atoms with Crippen molar-refractivity contribution < 1.29 is 14.3 Å². The van der Waals surface area contributed by atoms with Crippen molar-refractivity contribution in [3.05, 3.63) is 63.9 Å². The maximum atomic E-state index is 14.0. The van der Waals surface area contributed by atoms with Gasteiger partial charge in [-0.2, -0.15) is 5.10 Å². The quantitative estimate of drug-likeness (QED) is 0.307. The first-order valence-electron chi connectivity index (χ1n) is 14.2. The van der Waals surface area contributed by atoms with Gasteiger partial charge in [0.05, 0.1) is 30.3 Å². The summed E-state index contributed by atoms with van der Waals surface area (Å²) < 4.78 is 7.97. The fourth-order valence-electron chi connectivity index (χ4n) is 6.47. The van der Waals surface area contributed by atoms with Gasteiger partial charge >= 0.3 is 0 Å². The van der Waals surface area contributed by atoms with E-state index < -0.39 is 6.04 Å². The Bertz CT molecular complexity index is 1750. The van der Waals surface area contributed by atoms with Crippen LogP contribution in [0.1, 0.15) is 48.3 Å². The number of anilines is 1. The van der Waals surface area contributed by atoms with E-state index in [4.69, 9.17) is 9.84 Å². The summed E-state index contributed by atoms with van der Waals surface area (Å²) in [5.41, 5.74) is 5.63. The van der Waals surface area contributed by atoms with Crippen molar-refractivity contribution in [2.24, 2.45) is 5.41 Å². The molecule has 42 heavy (non-hydrogen) atoms. The number of hydrogen-bond acceptors (Lipinski definition) is 7. The summed E-state index contributed by atoms with van der Waals surface area (Å²) in [7, 11) is 0. The van der Waals surface area contributed by atoms with Crippen LogP contribution in [0.25, 0.3) is 22.0 Å². The number of nitrogens with one attached hydrogen (secondary N) is 1. The van der Waals surface area contributed by atoms with E-state index in [0.29, 0.717) is 30.1 Å². The van der Waals surface area contributed by atoms with Crippen LogP contribution < -0.4 is 5.32 Å². The summed E-state index contributed by atoms with van der Waals surface area (Å²) >= 11 is 3.38. The second-order valence-corrected chi connectivity index (χ2v) is 13.0. The molecule has 4 aromatic rings. The molecule has 216 valence electrons. The molecule has 7 rings (SSSR count). The number of pyridine rings is 1. The standard InChI is InChI=1S/C31H32BrN7O3/c1-16-5-6-25(32)35-29(16)36-30(41)23-9-31(4)10-24(31)39(23)26(40)13-38-28-17(2)7-19(20-11-33-18(3)34-12-20)8-22(28)27(37-38)21-14-42-15-21/h5-8,11-12,21,23-24H,9-10,13-15H2,1-4H3,(H,35,36,41). The second kappa shape index (κ2) is 9.95. The third-order valence-corrected chi connectivity index (χ3v) is 9.46. The number of hydrogen-bond donors (Lipinski definition) is 1. The number of amides is 2. The lowest BCUT2D eigenvalue weighted by molar-refractivity contribution is -0.138. The molecule has 0 bridgehead atoms. The largest absolute Gasteiger partial charge is 0.380 e. The van der Waals surface area contributed by atoms with Crippen molar-refractivity contribution in [3.8, 4) is 11.1 Å². The lowest BCUT2D eigenvalue weighted by Crippen LogP contribution is -2.47. The Labute approximate surface area is 252 Å². The summed E-state index contributed by atoms with van der Waals surface area (Å²) in [4.78, 5) is 42.6. The molecule has 1 aliphatic carbocycles. The van der Waals surface area contributed by atoms with Crippen molar-refractivity contribution >= 4 is 44.5 Å². The topological polar surface area (TPSA) is 115 Å². The molecule has 3 fully saturated rings. The van der Waals surface area contributed by atoms with E-state index in [1.807, 2.05) is 50.0 Å². The van der Waals surface area contributed by atoms with E-state index in [-0.39, 0.29) is 35.7 Å². The summed E-state index contributed by atoms with van der Waals surface area (Å²) in [5, 5.41) is 8.98. The molecule has 11 heteroatoms. The van der Waals surface area contributed by atoms with Gasteiger partial charge in [-0.15, -0.1) is 0 Å². The molecule has 1 aromatic carbocycles. The van der Waals surface area contributed by atoms with Gasteiger partial charge < -0.3 is 15.0 Å². The molecule has 2 saturated heterocycles. The van der Waals surface area contributed by atoms with Crippen molar-refractivity contribution in [1.82, 2.24) is 29.6 Å². The second-order valence-electron chi connectivity index (χ2n) is 12.2. The molecule has 10 nitrogen and oxygen atoms in total. The molecule has 0 radical (unpaired) electrons. The minimum Gasteiger partial charge on any atom is -0.380 e. The number of carbonyl (C=O) groups excluding carboxylic acids is 2. The van der Waals surface area contributed by atoms with Crippen LogP contribution in [0.15, 0.2) is 41.3 Å². The van der Waals surface area contributed by atoms with Crippen molar-refractivity contribution in [3.63, 3.8) is 0 Å². The summed E-state index contributed by atoms with van der Waals surface area (Å²) in [6, 6.07) is 7.44. The van der Waals surface area contributed by atoms with Crippen molar-refractivity contribution in [2.75, 3.05) is 18.5 Å². The first-order valence-corrected chi connectivity index (χ1v) is 15.0. The van der Waals surface area contributed by atoms with Gasteiger partial charge in [0.1, 0.15) is 28.8 Å². The number of likely N-dealkylation sites (tertiary alicyclic amines) is 1. The fraction of sp³-hybridized carbons (Fsp3) is 0.419. The molecule has 2 aliphatic heterocycles. The molecule has 3 aromatic heterocycles. The number of piperidine rings is 1. The average Bonchev–Trinajstić information content (AvgIpc) is 3.29. The van der Waals surface area contributed by atoms with Crippen LogP contribution in [-0.2, 0) is 20.9 Å². The Kier molecular flexibility index (Phi) is 6.43. The van der Waals surface area contributed by atoms with Gasteiger partial charge in [-0.1, -0.05) is 13.0 Å². The maximum Gasteiger partial charge on any atom is 0.248 e. The van der Waals surface area contributed by atoms with E-state index in [1.165, 1.54) is 0 Å². The SMILES string of the molecule is Cc1ncc(-c2cc(C)c3c(c2)c(C2COC2)nn3CC(=O)N2C(C(=O)Nc3nc(Br)ccc3C)CC3(C)CC23)cn1. The number of nitrogens with zero attached hydrogens (tertiary/aromatic N) is 6. The molecule has 3 atom stereocenters. The molecule has 1 saturated carbocycles. The van der Waals surface area contributed by atoms with Crippen molar-refractivity contribution in [2.45, 2.75) is 65.1 Å². The highest BCUT2D eigenvalue weighted by atomic mass is 79.9. The lowest BCUT2D eigenvalue weighted by Gasteiger charge is -2.27. The predicted octanol–water partition coefficient (Wildman–Crippen LogP) is 4.71. The highest BCUT2D eigenvalue weighted by molar-refractivity contribution is 9.10. The van der Waals surface area contributed by atoms with Crippen LogP contribution in [0.2, 0.25) is 0 Å². The Hall–Kier alpha value is -3.70. The minimum atomic E-state index is -0.558. The van der Waals surface area contributed by atoms with Gasteiger partial charge in [-0.05, 0) is 89.8 Å². The smallest absolute Gasteiger partial charge is 0.248 e. The van der Waals surface area contributed by atoms with Crippen LogP contribution >= 0.6 is 15.9 Å². The van der Waals surface area contributed by atoms with Gasteiger partial charge in [-0.25, -0.2) is 15.0 Å². The number of rotatable bonds is 6. The number of halogens is 1. The molecule has 1 N–H and O–H groups in total. The number of aryl methyl sites for hydroxylation is 3. The first-order chi connectivity index (χ1) is 20.1. The zero-order valence-electron chi connectivity index (χ0n) is 24.0. The zero-order chi connectivity index (χ0) is 29.3. The summed E-state index contributed by atoms with van der Waals surface area (Å²) in [6.07, 6.45) is 5.20. The van der Waals surface area contributed by atoms with Crippen LogP contribution in [0.5, 0.6) is 0 Å². The van der Waals surface area contributed by atoms with Crippen LogP contribution in [-0.4, -0.2) is 66.7 Å². The molecule has 0 spiro atoms. The van der Waals surface area contributed by atoms with E-state index in [9.17, 15) is 9.59 Å². The number of fused-ring (bicyclic) bond motifs is 2. The normalized spacial score (nSPS) is 23.1. The molecular formula is C31H32BrN7O3. The number of ether oxygens (including phenoxy) is 1.